The summed E-state index contributed by atoms with van der Waals surface area (Å²) in [6.45, 7) is 8.15. The SMILES string of the molecule is C=C/C(N)=C(O)\C=C(/C)NCCC(=O)N1CCN(c2ccc(Cl)c(F)c2)CC1. The fraction of sp³-hybridized carbons (Fsp3) is 0.350. The molecule has 0 saturated carbocycles. The smallest absolute Gasteiger partial charge is 0.224 e. The van der Waals surface area contributed by atoms with Crippen LogP contribution in [-0.2, 0) is 4.79 Å². The van der Waals surface area contributed by atoms with Gasteiger partial charge < -0.3 is 26.0 Å². The summed E-state index contributed by atoms with van der Waals surface area (Å²) in [5.41, 5.74) is 7.21. The van der Waals surface area contributed by atoms with Crippen LogP contribution in [0.1, 0.15) is 13.3 Å². The first-order valence-corrected chi connectivity index (χ1v) is 9.40. The number of rotatable bonds is 7. The van der Waals surface area contributed by atoms with Gasteiger partial charge in [-0.05, 0) is 31.2 Å². The summed E-state index contributed by atoms with van der Waals surface area (Å²) in [5.74, 6) is -0.461. The number of nitrogens with zero attached hydrogens (tertiary/aromatic N) is 2. The zero-order valence-electron chi connectivity index (χ0n) is 15.9. The van der Waals surface area contributed by atoms with Gasteiger partial charge in [-0.25, -0.2) is 4.39 Å². The van der Waals surface area contributed by atoms with Crippen molar-refractivity contribution in [2.75, 3.05) is 37.6 Å². The first kappa shape index (κ1) is 21.6. The summed E-state index contributed by atoms with van der Waals surface area (Å²) >= 11 is 5.72. The number of aliphatic hydroxyl groups excluding tert-OH is 1. The maximum atomic E-state index is 13.6. The summed E-state index contributed by atoms with van der Waals surface area (Å²) in [5, 5.41) is 12.9. The molecule has 4 N–H and O–H groups in total. The van der Waals surface area contributed by atoms with Gasteiger partial charge in [0.25, 0.3) is 0 Å². The van der Waals surface area contributed by atoms with Gasteiger partial charge in [0.1, 0.15) is 11.6 Å². The second-order valence-electron chi connectivity index (χ2n) is 6.52. The van der Waals surface area contributed by atoms with Crippen molar-refractivity contribution in [3.63, 3.8) is 0 Å². The largest absolute Gasteiger partial charge is 0.506 e. The molecule has 0 atom stereocenters. The number of hydrogen-bond acceptors (Lipinski definition) is 5. The summed E-state index contributed by atoms with van der Waals surface area (Å²) in [6.07, 6.45) is 3.19. The second-order valence-corrected chi connectivity index (χ2v) is 6.92. The average molecular weight is 409 g/mol. The van der Waals surface area contributed by atoms with Gasteiger partial charge in [0, 0.05) is 56.6 Å². The number of nitrogens with two attached hydrogens (primary N) is 1. The Balaban J connectivity index is 1.78. The fourth-order valence-electron chi connectivity index (χ4n) is 2.86. The molecule has 0 spiro atoms. The van der Waals surface area contributed by atoms with Crippen LogP contribution >= 0.6 is 11.6 Å². The molecule has 1 amide bonds. The highest BCUT2D eigenvalue weighted by Gasteiger charge is 2.21. The summed E-state index contributed by atoms with van der Waals surface area (Å²) in [7, 11) is 0. The maximum Gasteiger partial charge on any atom is 0.224 e. The molecule has 0 bridgehead atoms. The van der Waals surface area contributed by atoms with E-state index in [-0.39, 0.29) is 22.4 Å². The Kier molecular flexibility index (Phi) is 7.75. The number of hydrogen-bond donors (Lipinski definition) is 3. The number of halogens is 2. The van der Waals surface area contributed by atoms with Crippen molar-refractivity contribution in [3.05, 3.63) is 64.9 Å². The number of piperazine rings is 1. The predicted molar refractivity (Wildman–Crippen MR) is 111 cm³/mol. The third-order valence-electron chi connectivity index (χ3n) is 4.51. The Morgan fingerprint density at radius 2 is 2.07 bits per heavy atom. The quantitative estimate of drug-likeness (QED) is 0.477. The van der Waals surface area contributed by atoms with Crippen molar-refractivity contribution in [3.8, 4) is 0 Å². The number of carbonyl (C=O) groups excluding carboxylic acids is 1. The molecule has 152 valence electrons. The molecule has 8 heteroatoms. The van der Waals surface area contributed by atoms with Crippen LogP contribution in [0, 0.1) is 5.82 Å². The topological polar surface area (TPSA) is 81.8 Å². The zero-order chi connectivity index (χ0) is 20.7. The Bertz CT molecular complexity index is 786. The number of aliphatic hydroxyl groups is 1. The minimum atomic E-state index is -0.442. The molecule has 0 aromatic heterocycles. The van der Waals surface area contributed by atoms with Crippen molar-refractivity contribution in [2.45, 2.75) is 13.3 Å². The molecule has 2 rings (SSSR count). The van der Waals surface area contributed by atoms with Crippen LogP contribution in [0.3, 0.4) is 0 Å². The van der Waals surface area contributed by atoms with Crippen LogP contribution in [0.15, 0.2) is 54.1 Å². The van der Waals surface area contributed by atoms with Crippen molar-refractivity contribution >= 4 is 23.2 Å². The zero-order valence-corrected chi connectivity index (χ0v) is 16.7. The number of benzene rings is 1. The van der Waals surface area contributed by atoms with Gasteiger partial charge in [-0.2, -0.15) is 0 Å². The third-order valence-corrected chi connectivity index (χ3v) is 4.82. The first-order valence-electron chi connectivity index (χ1n) is 9.03. The summed E-state index contributed by atoms with van der Waals surface area (Å²) in [4.78, 5) is 16.2. The number of nitrogens with one attached hydrogen (secondary N) is 1. The Morgan fingerprint density at radius 1 is 1.39 bits per heavy atom. The molecule has 6 nitrogen and oxygen atoms in total. The molecule has 0 unspecified atom stereocenters. The monoisotopic (exact) mass is 408 g/mol. The van der Waals surface area contributed by atoms with Gasteiger partial charge >= 0.3 is 0 Å². The van der Waals surface area contributed by atoms with Gasteiger partial charge in [0.2, 0.25) is 5.91 Å². The van der Waals surface area contributed by atoms with Gasteiger partial charge in [-0.1, -0.05) is 18.2 Å². The van der Waals surface area contributed by atoms with E-state index in [2.05, 4.69) is 11.9 Å². The lowest BCUT2D eigenvalue weighted by Crippen LogP contribution is -2.49. The first-order chi connectivity index (χ1) is 13.3. The molecule has 1 heterocycles. The molecule has 28 heavy (non-hydrogen) atoms. The lowest BCUT2D eigenvalue weighted by atomic mass is 10.2. The lowest BCUT2D eigenvalue weighted by molar-refractivity contribution is -0.131. The minimum Gasteiger partial charge on any atom is -0.506 e. The van der Waals surface area contributed by atoms with E-state index in [4.69, 9.17) is 17.3 Å². The molecule has 1 aromatic rings. The molecule has 0 radical (unpaired) electrons. The van der Waals surface area contributed by atoms with Crippen molar-refractivity contribution in [1.82, 2.24) is 10.2 Å². The van der Waals surface area contributed by atoms with E-state index in [0.717, 1.165) is 5.69 Å². The predicted octanol–water partition coefficient (Wildman–Crippen LogP) is 2.93. The molecule has 1 aromatic carbocycles. The number of carbonyl (C=O) groups is 1. The third kappa shape index (κ3) is 5.92. The van der Waals surface area contributed by atoms with Gasteiger partial charge in [0.15, 0.2) is 0 Å². The number of allylic oxidation sites excluding steroid dienone is 3. The van der Waals surface area contributed by atoms with E-state index in [1.165, 1.54) is 18.2 Å². The molecular formula is C20H26ClFN4O2. The van der Waals surface area contributed by atoms with E-state index < -0.39 is 5.82 Å². The van der Waals surface area contributed by atoms with Crippen LogP contribution in [0.4, 0.5) is 10.1 Å². The van der Waals surface area contributed by atoms with Crippen molar-refractivity contribution < 1.29 is 14.3 Å². The van der Waals surface area contributed by atoms with Gasteiger partial charge in [-0.15, -0.1) is 0 Å². The van der Waals surface area contributed by atoms with Crippen LogP contribution in [0.2, 0.25) is 5.02 Å². The highest BCUT2D eigenvalue weighted by Crippen LogP contribution is 2.23. The molecular weight excluding hydrogens is 383 g/mol. The Labute approximate surface area is 169 Å². The maximum absolute atomic E-state index is 13.6. The Hall–Kier alpha value is -2.67. The minimum absolute atomic E-state index is 0.0487. The average Bonchev–Trinajstić information content (AvgIpc) is 2.69. The van der Waals surface area contributed by atoms with Crippen LogP contribution in [0.25, 0.3) is 0 Å². The molecule has 1 aliphatic heterocycles. The van der Waals surface area contributed by atoms with Crippen molar-refractivity contribution in [1.29, 1.82) is 0 Å². The van der Waals surface area contributed by atoms with Gasteiger partial charge in [-0.3, -0.25) is 4.79 Å². The molecule has 1 aliphatic rings. The standard InChI is InChI=1S/C20H26ClFN4O2/c1-3-18(23)19(27)12-14(2)24-7-6-20(28)26-10-8-25(9-11-26)15-4-5-16(21)17(22)13-15/h3-5,12-13,24,27H,1,6-11,23H2,2H3/b14-12+,19-18-. The normalized spacial score (nSPS) is 15.9. The van der Waals surface area contributed by atoms with E-state index in [9.17, 15) is 14.3 Å². The Morgan fingerprint density at radius 3 is 2.68 bits per heavy atom. The van der Waals surface area contributed by atoms with E-state index in [1.54, 1.807) is 24.0 Å². The van der Waals surface area contributed by atoms with E-state index >= 15 is 0 Å². The highest BCUT2D eigenvalue weighted by atomic mass is 35.5. The van der Waals surface area contributed by atoms with Crippen LogP contribution in [0.5, 0.6) is 0 Å². The summed E-state index contributed by atoms with van der Waals surface area (Å²) in [6, 6.07) is 4.74. The fourth-order valence-corrected chi connectivity index (χ4v) is 2.98. The second kappa shape index (κ2) is 10.0. The number of amides is 1. The summed E-state index contributed by atoms with van der Waals surface area (Å²) < 4.78 is 13.6. The van der Waals surface area contributed by atoms with E-state index in [1.807, 2.05) is 4.90 Å². The molecule has 1 saturated heterocycles. The van der Waals surface area contributed by atoms with E-state index in [0.29, 0.717) is 44.8 Å². The van der Waals surface area contributed by atoms with Crippen LogP contribution in [-0.4, -0.2) is 48.6 Å². The molecule has 1 fully saturated rings. The van der Waals surface area contributed by atoms with Crippen molar-refractivity contribution in [2.24, 2.45) is 5.73 Å². The van der Waals surface area contributed by atoms with Gasteiger partial charge in [0.05, 0.1) is 10.7 Å². The number of anilines is 1. The lowest BCUT2D eigenvalue weighted by Gasteiger charge is -2.36. The van der Waals surface area contributed by atoms with Crippen LogP contribution < -0.4 is 16.0 Å². The highest BCUT2D eigenvalue weighted by molar-refractivity contribution is 6.30. The molecule has 0 aliphatic carbocycles.